The number of rotatable bonds is 2. The Kier molecular flexibility index (Phi) is 3.68. The molecule has 6 aromatic rings. The number of nitriles is 1. The summed E-state index contributed by atoms with van der Waals surface area (Å²) in [5.74, 6) is 0. The number of hydrogen-bond donors (Lipinski definition) is 1. The summed E-state index contributed by atoms with van der Waals surface area (Å²) in [6.45, 7) is 0. The Morgan fingerprint density at radius 3 is 1.84 bits per heavy atom. The van der Waals surface area contributed by atoms with Crippen LogP contribution >= 0.6 is 0 Å². The van der Waals surface area contributed by atoms with E-state index in [9.17, 15) is 5.26 Å². The van der Waals surface area contributed by atoms with Crippen LogP contribution in [0.25, 0.3) is 49.0 Å². The van der Waals surface area contributed by atoms with Crippen LogP contribution in [0.3, 0.4) is 0 Å². The predicted molar refractivity (Wildman–Crippen MR) is 128 cm³/mol. The average Bonchev–Trinajstić information content (AvgIpc) is 3.18. The van der Waals surface area contributed by atoms with Gasteiger partial charge >= 0.3 is 0 Å². The zero-order valence-corrected chi connectivity index (χ0v) is 16.6. The molecule has 0 radical (unpaired) electrons. The standard InChI is InChI=1S/C28H17N3/c29-16-18-9-10-21(17-30)26(15-18)31-24-13-11-19-5-1-3-7-22(19)27(24)28-23-8-4-2-6-20(23)12-14-25(28)31/h1-16,29H. The van der Waals surface area contributed by atoms with E-state index < -0.39 is 0 Å². The number of benzene rings is 5. The minimum absolute atomic E-state index is 0.589. The average molecular weight is 395 g/mol. The monoisotopic (exact) mass is 395 g/mol. The molecule has 5 aromatic carbocycles. The van der Waals surface area contributed by atoms with Crippen molar-refractivity contribution in [2.24, 2.45) is 0 Å². The van der Waals surface area contributed by atoms with Crippen LogP contribution in [0, 0.1) is 16.7 Å². The van der Waals surface area contributed by atoms with Gasteiger partial charge in [-0.25, -0.2) is 0 Å². The molecule has 3 heteroatoms. The largest absolute Gasteiger partial charge is 0.308 e. The highest BCUT2D eigenvalue weighted by Crippen LogP contribution is 2.40. The molecule has 1 aromatic heterocycles. The van der Waals surface area contributed by atoms with E-state index in [4.69, 9.17) is 5.41 Å². The molecule has 6 rings (SSSR count). The molecule has 0 saturated heterocycles. The highest BCUT2D eigenvalue weighted by atomic mass is 15.0. The quantitative estimate of drug-likeness (QED) is 0.317. The first-order chi connectivity index (χ1) is 15.3. The third-order valence-electron chi connectivity index (χ3n) is 6.10. The fourth-order valence-electron chi connectivity index (χ4n) is 4.73. The maximum absolute atomic E-state index is 9.85. The summed E-state index contributed by atoms with van der Waals surface area (Å²) in [4.78, 5) is 0. The van der Waals surface area contributed by atoms with Crippen molar-refractivity contribution in [3.8, 4) is 11.8 Å². The van der Waals surface area contributed by atoms with Crippen molar-refractivity contribution in [1.29, 1.82) is 10.7 Å². The Hall–Kier alpha value is -4.42. The molecule has 0 aliphatic heterocycles. The first-order valence-electron chi connectivity index (χ1n) is 10.2. The molecule has 1 heterocycles. The van der Waals surface area contributed by atoms with Gasteiger partial charge in [-0.15, -0.1) is 0 Å². The molecule has 0 spiro atoms. The van der Waals surface area contributed by atoms with E-state index >= 15 is 0 Å². The highest BCUT2D eigenvalue weighted by Gasteiger charge is 2.18. The Balaban J connectivity index is 1.93. The normalized spacial score (nSPS) is 11.3. The van der Waals surface area contributed by atoms with Crippen LogP contribution in [0.2, 0.25) is 0 Å². The fourth-order valence-corrected chi connectivity index (χ4v) is 4.73. The van der Waals surface area contributed by atoms with Gasteiger partial charge in [0.2, 0.25) is 0 Å². The van der Waals surface area contributed by atoms with E-state index in [0.717, 1.165) is 22.3 Å². The molecule has 1 N–H and O–H groups in total. The van der Waals surface area contributed by atoms with E-state index in [1.165, 1.54) is 38.5 Å². The van der Waals surface area contributed by atoms with Crippen molar-refractivity contribution in [3.05, 3.63) is 102 Å². The summed E-state index contributed by atoms with van der Waals surface area (Å²) >= 11 is 0. The Morgan fingerprint density at radius 2 is 1.29 bits per heavy atom. The van der Waals surface area contributed by atoms with E-state index in [-0.39, 0.29) is 0 Å². The molecular formula is C28H17N3. The van der Waals surface area contributed by atoms with Gasteiger partial charge in [-0.3, -0.25) is 0 Å². The first kappa shape index (κ1) is 17.4. The van der Waals surface area contributed by atoms with Gasteiger partial charge in [0, 0.05) is 17.0 Å². The topological polar surface area (TPSA) is 52.6 Å². The summed E-state index contributed by atoms with van der Waals surface area (Å²) < 4.78 is 2.18. The van der Waals surface area contributed by atoms with Crippen molar-refractivity contribution >= 4 is 49.6 Å². The summed E-state index contributed by atoms with van der Waals surface area (Å²) in [5, 5.41) is 24.7. The van der Waals surface area contributed by atoms with Crippen molar-refractivity contribution in [2.75, 3.05) is 0 Å². The molecule has 0 saturated carbocycles. The van der Waals surface area contributed by atoms with Gasteiger partial charge < -0.3 is 9.98 Å². The Morgan fingerprint density at radius 1 is 0.710 bits per heavy atom. The van der Waals surface area contributed by atoms with Crippen molar-refractivity contribution in [3.63, 3.8) is 0 Å². The van der Waals surface area contributed by atoms with Crippen LogP contribution in [0.5, 0.6) is 0 Å². The second-order valence-corrected chi connectivity index (χ2v) is 7.73. The lowest BCUT2D eigenvalue weighted by molar-refractivity contribution is 1.17. The molecule has 31 heavy (non-hydrogen) atoms. The fraction of sp³-hybridized carbons (Fsp3) is 0. The zero-order chi connectivity index (χ0) is 20.9. The molecule has 0 fully saturated rings. The summed E-state index contributed by atoms with van der Waals surface area (Å²) in [7, 11) is 0. The van der Waals surface area contributed by atoms with Gasteiger partial charge in [0.15, 0.2) is 0 Å². The summed E-state index contributed by atoms with van der Waals surface area (Å²) in [6, 6.07) is 33.3. The molecule has 0 aliphatic rings. The van der Waals surface area contributed by atoms with Crippen LogP contribution in [-0.4, -0.2) is 10.8 Å². The molecule has 144 valence electrons. The minimum Gasteiger partial charge on any atom is -0.308 e. The lowest BCUT2D eigenvalue weighted by Gasteiger charge is -2.11. The lowest BCUT2D eigenvalue weighted by atomic mass is 10.00. The third-order valence-corrected chi connectivity index (χ3v) is 6.10. The Labute approximate surface area is 178 Å². The van der Waals surface area contributed by atoms with Gasteiger partial charge in [0.05, 0.1) is 22.3 Å². The van der Waals surface area contributed by atoms with Gasteiger partial charge in [-0.1, -0.05) is 66.7 Å². The predicted octanol–water partition coefficient (Wildman–Crippen LogP) is 6.96. The zero-order valence-electron chi connectivity index (χ0n) is 16.6. The van der Waals surface area contributed by atoms with Crippen LogP contribution in [-0.2, 0) is 0 Å². The maximum Gasteiger partial charge on any atom is 0.101 e. The number of aromatic nitrogens is 1. The van der Waals surface area contributed by atoms with E-state index in [0.29, 0.717) is 5.56 Å². The van der Waals surface area contributed by atoms with Gasteiger partial charge in [-0.05, 0) is 51.4 Å². The maximum atomic E-state index is 9.85. The van der Waals surface area contributed by atoms with Gasteiger partial charge in [0.1, 0.15) is 6.07 Å². The highest BCUT2D eigenvalue weighted by molar-refractivity contribution is 6.28. The van der Waals surface area contributed by atoms with Crippen molar-refractivity contribution < 1.29 is 0 Å². The summed E-state index contributed by atoms with van der Waals surface area (Å²) in [5.41, 5.74) is 4.28. The van der Waals surface area contributed by atoms with Crippen LogP contribution in [0.4, 0.5) is 0 Å². The van der Waals surface area contributed by atoms with Gasteiger partial charge in [0.25, 0.3) is 0 Å². The number of hydrogen-bond acceptors (Lipinski definition) is 2. The first-order valence-corrected chi connectivity index (χ1v) is 10.2. The number of nitrogens with zero attached hydrogens (tertiary/aromatic N) is 2. The molecule has 0 amide bonds. The smallest absolute Gasteiger partial charge is 0.101 e. The number of nitrogens with one attached hydrogen (secondary N) is 1. The molecule has 3 nitrogen and oxygen atoms in total. The third kappa shape index (κ3) is 2.43. The van der Waals surface area contributed by atoms with Crippen molar-refractivity contribution in [1.82, 2.24) is 4.57 Å². The van der Waals surface area contributed by atoms with E-state index in [2.05, 4.69) is 83.4 Å². The second kappa shape index (κ2) is 6.55. The van der Waals surface area contributed by atoms with E-state index in [1.807, 2.05) is 12.1 Å². The van der Waals surface area contributed by atoms with Crippen LogP contribution < -0.4 is 0 Å². The van der Waals surface area contributed by atoms with Gasteiger partial charge in [-0.2, -0.15) is 5.26 Å². The summed E-state index contributed by atoms with van der Waals surface area (Å²) in [6.07, 6.45) is 1.32. The van der Waals surface area contributed by atoms with E-state index in [1.54, 1.807) is 6.07 Å². The minimum atomic E-state index is 0.589. The number of fused-ring (bicyclic) bond motifs is 7. The Bertz CT molecular complexity index is 1620. The second-order valence-electron chi connectivity index (χ2n) is 7.73. The molecule has 0 atom stereocenters. The van der Waals surface area contributed by atoms with Crippen LogP contribution in [0.1, 0.15) is 11.1 Å². The van der Waals surface area contributed by atoms with Crippen molar-refractivity contribution in [2.45, 2.75) is 0 Å². The lowest BCUT2D eigenvalue weighted by Crippen LogP contribution is -1.99. The molecule has 0 bridgehead atoms. The molecule has 0 aliphatic carbocycles. The molecular weight excluding hydrogens is 378 g/mol. The van der Waals surface area contributed by atoms with Crippen LogP contribution in [0.15, 0.2) is 91.0 Å². The molecule has 0 unspecified atom stereocenters. The SMILES string of the molecule is N#Cc1ccc(C=N)cc1-n1c2ccc3ccccc3c2c2c3ccccc3ccc21.